The predicted octanol–water partition coefficient (Wildman–Crippen LogP) is 4.37. The first-order chi connectivity index (χ1) is 10.5. The highest BCUT2D eigenvalue weighted by Crippen LogP contribution is 2.34. The second kappa shape index (κ2) is 5.99. The first kappa shape index (κ1) is 14.9. The van der Waals surface area contributed by atoms with Gasteiger partial charge in [0.2, 0.25) is 0 Å². The number of pyridine rings is 1. The summed E-state index contributed by atoms with van der Waals surface area (Å²) in [6.07, 6.45) is 0. The van der Waals surface area contributed by atoms with E-state index in [0.717, 1.165) is 5.69 Å². The Balaban J connectivity index is 1.88. The van der Waals surface area contributed by atoms with Gasteiger partial charge in [-0.25, -0.2) is 4.39 Å². The Morgan fingerprint density at radius 1 is 1.05 bits per heavy atom. The van der Waals surface area contributed by atoms with Crippen molar-refractivity contribution in [1.29, 1.82) is 0 Å². The minimum atomic E-state index is -0.343. The van der Waals surface area contributed by atoms with Gasteiger partial charge in [0.15, 0.2) is 0 Å². The zero-order valence-corrected chi connectivity index (χ0v) is 12.7. The Bertz CT molecular complexity index is 838. The van der Waals surface area contributed by atoms with Gasteiger partial charge in [-0.1, -0.05) is 29.0 Å². The van der Waals surface area contributed by atoms with Crippen LogP contribution in [0.1, 0.15) is 5.69 Å². The van der Waals surface area contributed by atoms with Crippen LogP contribution in [0.15, 0.2) is 42.5 Å². The van der Waals surface area contributed by atoms with E-state index in [2.05, 4.69) is 10.3 Å². The molecule has 0 saturated carbocycles. The van der Waals surface area contributed by atoms with Crippen molar-refractivity contribution in [2.75, 3.05) is 5.32 Å². The number of fused-ring (bicyclic) bond motifs is 1. The van der Waals surface area contributed by atoms with E-state index in [4.69, 9.17) is 23.2 Å². The summed E-state index contributed by atoms with van der Waals surface area (Å²) in [6, 6.07) is 10.9. The number of aromatic nitrogens is 1. The van der Waals surface area contributed by atoms with Crippen LogP contribution >= 0.6 is 23.2 Å². The molecule has 0 aliphatic carbocycles. The van der Waals surface area contributed by atoms with E-state index in [-0.39, 0.29) is 22.1 Å². The van der Waals surface area contributed by atoms with Gasteiger partial charge in [0.25, 0.3) is 0 Å². The van der Waals surface area contributed by atoms with E-state index < -0.39 is 0 Å². The minimum absolute atomic E-state index is 0.0497. The summed E-state index contributed by atoms with van der Waals surface area (Å²) in [5.74, 6) is -0.639. The second-order valence-corrected chi connectivity index (χ2v) is 5.54. The first-order valence-corrected chi connectivity index (χ1v) is 7.24. The molecule has 6 heteroatoms. The average Bonchev–Trinajstić information content (AvgIpc) is 2.52. The molecule has 0 aliphatic heterocycles. The third kappa shape index (κ3) is 2.93. The molecule has 22 heavy (non-hydrogen) atoms. The maximum absolute atomic E-state index is 12.8. The lowest BCUT2D eigenvalue weighted by atomic mass is 10.2. The van der Waals surface area contributed by atoms with Crippen molar-refractivity contribution in [3.05, 3.63) is 64.0 Å². The van der Waals surface area contributed by atoms with Crippen LogP contribution in [0.5, 0.6) is 5.75 Å². The molecule has 0 unspecified atom stereocenters. The SMILES string of the molecule is [O-]c1c(Cl)cc(Cl)c2ccc(CNc3ccc(F)cc3)nc12. The molecule has 0 atom stereocenters. The lowest BCUT2D eigenvalue weighted by molar-refractivity contribution is -0.265. The molecule has 1 aromatic heterocycles. The van der Waals surface area contributed by atoms with Gasteiger partial charge in [0.1, 0.15) is 5.82 Å². The van der Waals surface area contributed by atoms with Crippen LogP contribution in [0.25, 0.3) is 10.9 Å². The molecule has 0 radical (unpaired) electrons. The maximum Gasteiger partial charge on any atom is 0.123 e. The Morgan fingerprint density at radius 3 is 2.50 bits per heavy atom. The van der Waals surface area contributed by atoms with E-state index in [0.29, 0.717) is 22.6 Å². The Morgan fingerprint density at radius 2 is 1.77 bits per heavy atom. The quantitative estimate of drug-likeness (QED) is 0.773. The third-order valence-corrected chi connectivity index (χ3v) is 3.81. The van der Waals surface area contributed by atoms with Gasteiger partial charge in [-0.3, -0.25) is 4.98 Å². The lowest BCUT2D eigenvalue weighted by Crippen LogP contribution is -2.03. The van der Waals surface area contributed by atoms with Crippen LogP contribution in [0.3, 0.4) is 0 Å². The molecule has 1 heterocycles. The van der Waals surface area contributed by atoms with Gasteiger partial charge in [-0.2, -0.15) is 0 Å². The summed E-state index contributed by atoms with van der Waals surface area (Å²) < 4.78 is 12.8. The normalized spacial score (nSPS) is 10.9. The van der Waals surface area contributed by atoms with Gasteiger partial charge < -0.3 is 10.4 Å². The number of nitrogens with one attached hydrogen (secondary N) is 1. The largest absolute Gasteiger partial charge is 0.870 e. The van der Waals surface area contributed by atoms with Crippen LogP contribution < -0.4 is 10.4 Å². The third-order valence-electron chi connectivity index (χ3n) is 3.21. The highest BCUT2D eigenvalue weighted by atomic mass is 35.5. The fourth-order valence-corrected chi connectivity index (χ4v) is 2.61. The lowest BCUT2D eigenvalue weighted by Gasteiger charge is -2.14. The maximum atomic E-state index is 12.8. The zero-order valence-electron chi connectivity index (χ0n) is 11.2. The van der Waals surface area contributed by atoms with Gasteiger partial charge in [-0.15, -0.1) is 0 Å². The number of benzene rings is 2. The Labute approximate surface area is 136 Å². The van der Waals surface area contributed by atoms with Gasteiger partial charge in [0.05, 0.1) is 22.8 Å². The van der Waals surface area contributed by atoms with Crippen LogP contribution in [-0.2, 0) is 6.54 Å². The van der Waals surface area contributed by atoms with E-state index in [1.54, 1.807) is 24.3 Å². The smallest absolute Gasteiger partial charge is 0.123 e. The zero-order chi connectivity index (χ0) is 15.7. The number of anilines is 1. The highest BCUT2D eigenvalue weighted by molar-refractivity contribution is 6.39. The molecule has 2 aromatic carbocycles. The van der Waals surface area contributed by atoms with Crippen molar-refractivity contribution in [2.45, 2.75) is 6.54 Å². The van der Waals surface area contributed by atoms with Crippen molar-refractivity contribution in [1.82, 2.24) is 4.98 Å². The van der Waals surface area contributed by atoms with Crippen molar-refractivity contribution in [3.63, 3.8) is 0 Å². The number of nitrogens with zero attached hydrogens (tertiary/aromatic N) is 1. The fourth-order valence-electron chi connectivity index (χ4n) is 2.09. The number of rotatable bonds is 3. The predicted molar refractivity (Wildman–Crippen MR) is 84.9 cm³/mol. The van der Waals surface area contributed by atoms with Gasteiger partial charge >= 0.3 is 0 Å². The van der Waals surface area contributed by atoms with Gasteiger partial charge in [0, 0.05) is 16.1 Å². The molecule has 112 valence electrons. The van der Waals surface area contributed by atoms with Crippen molar-refractivity contribution in [3.8, 4) is 5.75 Å². The van der Waals surface area contributed by atoms with Crippen molar-refractivity contribution >= 4 is 39.8 Å². The van der Waals surface area contributed by atoms with Gasteiger partial charge in [-0.05, 0) is 42.5 Å². The van der Waals surface area contributed by atoms with E-state index in [9.17, 15) is 9.50 Å². The Hall–Kier alpha value is -2.04. The summed E-state index contributed by atoms with van der Waals surface area (Å²) in [6.45, 7) is 0.394. The number of halogens is 3. The summed E-state index contributed by atoms with van der Waals surface area (Å²) >= 11 is 11.9. The molecular formula is C16H10Cl2FN2O-. The molecule has 0 aliphatic rings. The summed E-state index contributed by atoms with van der Waals surface area (Å²) in [7, 11) is 0. The standard InChI is InChI=1S/C16H11Cl2FN2O/c17-13-7-14(18)16(22)15-12(13)6-5-11(21-15)8-20-10-3-1-9(19)2-4-10/h1-7,20,22H,8H2/p-1. The topological polar surface area (TPSA) is 48.0 Å². The van der Waals surface area contributed by atoms with Crippen molar-refractivity contribution < 1.29 is 9.50 Å². The summed E-state index contributed by atoms with van der Waals surface area (Å²) in [4.78, 5) is 4.31. The second-order valence-electron chi connectivity index (χ2n) is 4.73. The van der Waals surface area contributed by atoms with E-state index >= 15 is 0 Å². The first-order valence-electron chi connectivity index (χ1n) is 6.48. The van der Waals surface area contributed by atoms with Crippen LogP contribution in [-0.4, -0.2) is 4.98 Å². The molecular weight excluding hydrogens is 326 g/mol. The fraction of sp³-hybridized carbons (Fsp3) is 0.0625. The monoisotopic (exact) mass is 335 g/mol. The average molecular weight is 336 g/mol. The van der Waals surface area contributed by atoms with Crippen molar-refractivity contribution in [2.24, 2.45) is 0 Å². The molecule has 0 amide bonds. The van der Waals surface area contributed by atoms with Crippen LogP contribution in [0.2, 0.25) is 10.0 Å². The molecule has 0 spiro atoms. The van der Waals surface area contributed by atoms with Crippen LogP contribution in [0, 0.1) is 5.82 Å². The Kier molecular flexibility index (Phi) is 4.05. The summed E-state index contributed by atoms with van der Waals surface area (Å²) in [5, 5.41) is 16.1. The molecule has 3 nitrogen and oxygen atoms in total. The molecule has 0 fully saturated rings. The molecule has 0 saturated heterocycles. The molecule has 1 N–H and O–H groups in total. The summed E-state index contributed by atoms with van der Waals surface area (Å²) in [5.41, 5.74) is 1.66. The molecule has 3 rings (SSSR count). The number of hydrogen-bond donors (Lipinski definition) is 1. The molecule has 3 aromatic rings. The highest BCUT2D eigenvalue weighted by Gasteiger charge is 2.06. The minimum Gasteiger partial charge on any atom is -0.870 e. The number of hydrogen-bond acceptors (Lipinski definition) is 3. The van der Waals surface area contributed by atoms with E-state index in [1.165, 1.54) is 18.2 Å². The molecule has 0 bridgehead atoms. The van der Waals surface area contributed by atoms with E-state index in [1.807, 2.05) is 0 Å². The van der Waals surface area contributed by atoms with Crippen LogP contribution in [0.4, 0.5) is 10.1 Å².